The summed E-state index contributed by atoms with van der Waals surface area (Å²) in [6, 6.07) is 7.33. The average Bonchev–Trinajstić information content (AvgIpc) is 2.67. The number of anilines is 1. The fourth-order valence-corrected chi connectivity index (χ4v) is 2.42. The molecule has 0 radical (unpaired) electrons. The Morgan fingerprint density at radius 2 is 2.33 bits per heavy atom. The van der Waals surface area contributed by atoms with Crippen LogP contribution in [0.4, 0.5) is 5.69 Å². The predicted octanol–water partition coefficient (Wildman–Crippen LogP) is 3.58. The number of nitriles is 1. The highest BCUT2D eigenvalue weighted by molar-refractivity contribution is 6.33. The van der Waals surface area contributed by atoms with Gasteiger partial charge < -0.3 is 10.1 Å². The van der Waals surface area contributed by atoms with E-state index >= 15 is 0 Å². The van der Waals surface area contributed by atoms with Crippen molar-refractivity contribution in [3.63, 3.8) is 0 Å². The molecule has 1 aromatic carbocycles. The third-order valence-electron chi connectivity index (χ3n) is 3.17. The van der Waals surface area contributed by atoms with E-state index in [0.717, 1.165) is 25.1 Å². The number of benzene rings is 1. The molecule has 1 aliphatic rings. The molecule has 0 bridgehead atoms. The molecule has 1 N–H and O–H groups in total. The summed E-state index contributed by atoms with van der Waals surface area (Å²) in [7, 11) is 0. The Morgan fingerprint density at radius 1 is 1.56 bits per heavy atom. The van der Waals surface area contributed by atoms with Gasteiger partial charge >= 0.3 is 0 Å². The van der Waals surface area contributed by atoms with Crippen molar-refractivity contribution in [2.75, 3.05) is 11.9 Å². The summed E-state index contributed by atoms with van der Waals surface area (Å²) >= 11 is 6.10. The lowest BCUT2D eigenvalue weighted by atomic mass is 10.1. The first kappa shape index (κ1) is 13.2. The Labute approximate surface area is 113 Å². The molecule has 1 heterocycles. The molecule has 0 aromatic heterocycles. The molecule has 0 spiro atoms. The summed E-state index contributed by atoms with van der Waals surface area (Å²) in [6.45, 7) is 4.97. The zero-order valence-corrected chi connectivity index (χ0v) is 11.4. The molecule has 0 amide bonds. The van der Waals surface area contributed by atoms with Crippen molar-refractivity contribution in [3.8, 4) is 6.07 Å². The summed E-state index contributed by atoms with van der Waals surface area (Å²) in [4.78, 5) is 0. The second-order valence-corrected chi connectivity index (χ2v) is 5.63. The minimum Gasteiger partial charge on any atom is -0.381 e. The van der Waals surface area contributed by atoms with Crippen molar-refractivity contribution in [2.45, 2.75) is 38.4 Å². The van der Waals surface area contributed by atoms with Gasteiger partial charge in [0.05, 0.1) is 34.0 Å². The summed E-state index contributed by atoms with van der Waals surface area (Å²) in [5.74, 6) is 0. The van der Waals surface area contributed by atoms with Gasteiger partial charge in [-0.2, -0.15) is 5.26 Å². The summed E-state index contributed by atoms with van der Waals surface area (Å²) in [6.07, 6.45) is 2.38. The van der Waals surface area contributed by atoms with Gasteiger partial charge in [0.15, 0.2) is 0 Å². The third kappa shape index (κ3) is 3.16. The van der Waals surface area contributed by atoms with E-state index in [1.54, 1.807) is 12.1 Å². The highest BCUT2D eigenvalue weighted by atomic mass is 35.5. The number of hydrogen-bond acceptors (Lipinski definition) is 3. The quantitative estimate of drug-likeness (QED) is 0.908. The van der Waals surface area contributed by atoms with E-state index in [4.69, 9.17) is 21.6 Å². The van der Waals surface area contributed by atoms with Gasteiger partial charge in [-0.05, 0) is 44.9 Å². The largest absolute Gasteiger partial charge is 0.381 e. The number of halogens is 1. The first-order valence-corrected chi connectivity index (χ1v) is 6.49. The van der Waals surface area contributed by atoms with Crippen LogP contribution in [0.5, 0.6) is 0 Å². The second-order valence-electron chi connectivity index (χ2n) is 5.23. The van der Waals surface area contributed by atoms with E-state index in [-0.39, 0.29) is 11.7 Å². The SMILES string of the molecule is CC1(C)CCC(CNc2ccc(C#N)cc2Cl)O1. The minimum absolute atomic E-state index is 0.0131. The van der Waals surface area contributed by atoms with Crippen LogP contribution >= 0.6 is 11.6 Å². The Balaban J connectivity index is 1.93. The van der Waals surface area contributed by atoms with Gasteiger partial charge in [-0.15, -0.1) is 0 Å². The Hall–Kier alpha value is -1.24. The molecule has 1 aliphatic heterocycles. The average molecular weight is 265 g/mol. The fourth-order valence-electron chi connectivity index (χ4n) is 2.17. The van der Waals surface area contributed by atoms with Crippen LogP contribution in [0.15, 0.2) is 18.2 Å². The predicted molar refractivity (Wildman–Crippen MR) is 72.8 cm³/mol. The fraction of sp³-hybridized carbons (Fsp3) is 0.500. The second kappa shape index (κ2) is 5.17. The van der Waals surface area contributed by atoms with Gasteiger partial charge in [-0.1, -0.05) is 11.6 Å². The molecule has 18 heavy (non-hydrogen) atoms. The molecule has 1 saturated heterocycles. The van der Waals surface area contributed by atoms with Crippen LogP contribution in [0, 0.1) is 11.3 Å². The van der Waals surface area contributed by atoms with E-state index in [2.05, 4.69) is 25.2 Å². The van der Waals surface area contributed by atoms with Crippen LogP contribution in [0.1, 0.15) is 32.3 Å². The molecule has 1 fully saturated rings. The lowest BCUT2D eigenvalue weighted by Crippen LogP contribution is -2.24. The smallest absolute Gasteiger partial charge is 0.0992 e. The molecule has 1 unspecified atom stereocenters. The molecule has 0 aliphatic carbocycles. The first-order valence-electron chi connectivity index (χ1n) is 6.11. The van der Waals surface area contributed by atoms with Crippen LogP contribution in [0.3, 0.4) is 0 Å². The normalized spacial score (nSPS) is 21.6. The third-order valence-corrected chi connectivity index (χ3v) is 3.49. The van der Waals surface area contributed by atoms with Gasteiger partial charge in [0.2, 0.25) is 0 Å². The Bertz CT molecular complexity index is 479. The minimum atomic E-state index is -0.0131. The molecule has 0 saturated carbocycles. The van der Waals surface area contributed by atoms with E-state index in [1.807, 2.05) is 6.07 Å². The van der Waals surface area contributed by atoms with Gasteiger partial charge in [0, 0.05) is 6.54 Å². The van der Waals surface area contributed by atoms with Crippen LogP contribution in [-0.4, -0.2) is 18.2 Å². The Kier molecular flexibility index (Phi) is 3.79. The van der Waals surface area contributed by atoms with Crippen LogP contribution in [-0.2, 0) is 4.74 Å². The first-order chi connectivity index (χ1) is 8.50. The van der Waals surface area contributed by atoms with Crippen molar-refractivity contribution in [1.29, 1.82) is 5.26 Å². The van der Waals surface area contributed by atoms with Crippen molar-refractivity contribution in [3.05, 3.63) is 28.8 Å². The van der Waals surface area contributed by atoms with Crippen LogP contribution < -0.4 is 5.32 Å². The lowest BCUT2D eigenvalue weighted by molar-refractivity contribution is -0.00910. The lowest BCUT2D eigenvalue weighted by Gasteiger charge is -2.20. The summed E-state index contributed by atoms with van der Waals surface area (Å²) < 4.78 is 5.90. The van der Waals surface area contributed by atoms with E-state index in [1.165, 1.54) is 0 Å². The van der Waals surface area contributed by atoms with Gasteiger partial charge in [-0.3, -0.25) is 0 Å². The summed E-state index contributed by atoms with van der Waals surface area (Å²) in [5, 5.41) is 12.6. The standard InChI is InChI=1S/C14H17ClN2O/c1-14(2)6-5-11(18-14)9-17-13-4-3-10(8-16)7-12(13)15/h3-4,7,11,17H,5-6,9H2,1-2H3. The molecule has 3 nitrogen and oxygen atoms in total. The molecule has 96 valence electrons. The molecule has 1 atom stereocenters. The van der Waals surface area contributed by atoms with Gasteiger partial charge in [0.25, 0.3) is 0 Å². The zero-order valence-electron chi connectivity index (χ0n) is 10.7. The Morgan fingerprint density at radius 3 is 2.89 bits per heavy atom. The number of hydrogen-bond donors (Lipinski definition) is 1. The molecule has 1 aromatic rings. The summed E-state index contributed by atoms with van der Waals surface area (Å²) in [5.41, 5.74) is 1.41. The molecule has 4 heteroatoms. The number of rotatable bonds is 3. The van der Waals surface area contributed by atoms with Crippen LogP contribution in [0.25, 0.3) is 0 Å². The van der Waals surface area contributed by atoms with E-state index in [9.17, 15) is 0 Å². The monoisotopic (exact) mass is 264 g/mol. The highest BCUT2D eigenvalue weighted by Crippen LogP contribution is 2.30. The van der Waals surface area contributed by atoms with Crippen molar-refractivity contribution in [2.24, 2.45) is 0 Å². The number of nitrogens with zero attached hydrogens (tertiary/aromatic N) is 1. The van der Waals surface area contributed by atoms with Crippen LogP contribution in [0.2, 0.25) is 5.02 Å². The topological polar surface area (TPSA) is 45.0 Å². The van der Waals surface area contributed by atoms with Gasteiger partial charge in [-0.25, -0.2) is 0 Å². The van der Waals surface area contributed by atoms with E-state index in [0.29, 0.717) is 10.6 Å². The zero-order chi connectivity index (χ0) is 13.2. The number of ether oxygens (including phenoxy) is 1. The number of nitrogens with one attached hydrogen (secondary N) is 1. The van der Waals surface area contributed by atoms with Crippen molar-refractivity contribution >= 4 is 17.3 Å². The van der Waals surface area contributed by atoms with E-state index < -0.39 is 0 Å². The maximum atomic E-state index is 8.76. The van der Waals surface area contributed by atoms with Crippen molar-refractivity contribution < 1.29 is 4.74 Å². The maximum Gasteiger partial charge on any atom is 0.0992 e. The highest BCUT2D eigenvalue weighted by Gasteiger charge is 2.31. The molecule has 2 rings (SSSR count). The molecular weight excluding hydrogens is 248 g/mol. The molecular formula is C14H17ClN2O. The maximum absolute atomic E-state index is 8.76. The van der Waals surface area contributed by atoms with Crippen molar-refractivity contribution in [1.82, 2.24) is 0 Å². The van der Waals surface area contributed by atoms with Gasteiger partial charge in [0.1, 0.15) is 0 Å².